The van der Waals surface area contributed by atoms with Crippen LogP contribution in [0, 0.1) is 0 Å². The molecule has 6 heteroatoms. The minimum absolute atomic E-state index is 0.176. The summed E-state index contributed by atoms with van der Waals surface area (Å²) in [7, 11) is 0. The summed E-state index contributed by atoms with van der Waals surface area (Å²) in [5, 5.41) is 1.01. The van der Waals surface area contributed by atoms with Crippen molar-refractivity contribution in [1.29, 1.82) is 0 Å². The quantitative estimate of drug-likeness (QED) is 0.842. The molecule has 0 atom stereocenters. The van der Waals surface area contributed by atoms with Gasteiger partial charge in [0.2, 0.25) is 0 Å². The molecule has 0 aromatic heterocycles. The lowest BCUT2D eigenvalue weighted by Crippen LogP contribution is -2.14. The summed E-state index contributed by atoms with van der Waals surface area (Å²) in [4.78, 5) is 7.54. The summed E-state index contributed by atoms with van der Waals surface area (Å²) in [6.07, 6.45) is 2.04. The molecule has 2 aliphatic rings. The Morgan fingerprint density at radius 1 is 1.28 bits per heavy atom. The van der Waals surface area contributed by atoms with Crippen LogP contribution in [0.15, 0.2) is 35.5 Å². The average molecular weight is 268 g/mol. The Morgan fingerprint density at radius 3 is 2.72 bits per heavy atom. The van der Waals surface area contributed by atoms with Crippen LogP contribution in [-0.4, -0.2) is 29.8 Å². The van der Waals surface area contributed by atoms with Gasteiger partial charge < -0.3 is 9.64 Å². The van der Waals surface area contributed by atoms with Gasteiger partial charge in [-0.2, -0.15) is 8.78 Å². The number of hydrogen-bond donors (Lipinski definition) is 0. The Kier molecular flexibility index (Phi) is 2.95. The van der Waals surface area contributed by atoms with E-state index in [1.165, 1.54) is 0 Å². The van der Waals surface area contributed by atoms with E-state index < -0.39 is 6.61 Å². The zero-order valence-corrected chi connectivity index (χ0v) is 10.2. The SMILES string of the molecule is FC(F)Oc1ccc(C2=CN3CCN=C3S2)cc1. The molecular formula is C12H10F2N2OS. The third kappa shape index (κ3) is 2.20. The van der Waals surface area contributed by atoms with Crippen molar-refractivity contribution >= 4 is 21.8 Å². The second-order valence-electron chi connectivity index (χ2n) is 3.86. The minimum Gasteiger partial charge on any atom is -0.435 e. The lowest BCUT2D eigenvalue weighted by molar-refractivity contribution is -0.0498. The molecular weight excluding hydrogens is 258 g/mol. The van der Waals surface area contributed by atoms with Crippen LogP contribution in [0.5, 0.6) is 5.75 Å². The highest BCUT2D eigenvalue weighted by Gasteiger charge is 2.24. The van der Waals surface area contributed by atoms with Gasteiger partial charge in [-0.3, -0.25) is 4.99 Å². The van der Waals surface area contributed by atoms with Crippen molar-refractivity contribution in [2.45, 2.75) is 6.61 Å². The second-order valence-corrected chi connectivity index (χ2v) is 4.87. The van der Waals surface area contributed by atoms with Crippen LogP contribution in [0.3, 0.4) is 0 Å². The molecule has 0 saturated heterocycles. The van der Waals surface area contributed by atoms with E-state index >= 15 is 0 Å². The van der Waals surface area contributed by atoms with Gasteiger partial charge in [0.25, 0.3) is 0 Å². The summed E-state index contributed by atoms with van der Waals surface area (Å²) in [6, 6.07) is 6.65. The normalized spacial score (nSPS) is 17.8. The summed E-state index contributed by atoms with van der Waals surface area (Å²) in [6.45, 7) is -1.03. The lowest BCUT2D eigenvalue weighted by Gasteiger charge is -2.05. The molecule has 94 valence electrons. The van der Waals surface area contributed by atoms with Gasteiger partial charge in [0, 0.05) is 17.6 Å². The van der Waals surface area contributed by atoms with E-state index in [9.17, 15) is 8.78 Å². The number of hydrogen-bond acceptors (Lipinski definition) is 4. The molecule has 3 rings (SSSR count). The minimum atomic E-state index is -2.78. The van der Waals surface area contributed by atoms with Crippen molar-refractivity contribution in [1.82, 2.24) is 4.90 Å². The highest BCUT2D eigenvalue weighted by molar-refractivity contribution is 8.22. The summed E-state index contributed by atoms with van der Waals surface area (Å²) >= 11 is 1.60. The van der Waals surface area contributed by atoms with E-state index in [1.807, 2.05) is 6.20 Å². The van der Waals surface area contributed by atoms with Crippen molar-refractivity contribution in [2.75, 3.05) is 13.1 Å². The van der Waals surface area contributed by atoms with Crippen LogP contribution in [0.2, 0.25) is 0 Å². The highest BCUT2D eigenvalue weighted by Crippen LogP contribution is 2.38. The highest BCUT2D eigenvalue weighted by atomic mass is 32.2. The van der Waals surface area contributed by atoms with E-state index in [-0.39, 0.29) is 5.75 Å². The number of aliphatic imine (C=N–C) groups is 1. The predicted molar refractivity (Wildman–Crippen MR) is 67.7 cm³/mol. The van der Waals surface area contributed by atoms with Crippen molar-refractivity contribution < 1.29 is 13.5 Å². The third-order valence-corrected chi connectivity index (χ3v) is 3.78. The predicted octanol–water partition coefficient (Wildman–Crippen LogP) is 3.00. The summed E-state index contributed by atoms with van der Waals surface area (Å²) in [5.74, 6) is 0.176. The molecule has 18 heavy (non-hydrogen) atoms. The van der Waals surface area contributed by atoms with Crippen LogP contribution in [0.25, 0.3) is 4.91 Å². The number of alkyl halides is 2. The Morgan fingerprint density at radius 2 is 2.06 bits per heavy atom. The molecule has 0 unspecified atom stereocenters. The third-order valence-electron chi connectivity index (χ3n) is 2.67. The molecule has 0 fully saturated rings. The average Bonchev–Trinajstić information content (AvgIpc) is 2.89. The number of fused-ring (bicyclic) bond motifs is 1. The zero-order chi connectivity index (χ0) is 12.5. The van der Waals surface area contributed by atoms with Gasteiger partial charge in [-0.1, -0.05) is 12.1 Å². The summed E-state index contributed by atoms with van der Waals surface area (Å²) in [5.41, 5.74) is 0.985. The number of thioether (sulfide) groups is 1. The molecule has 1 aromatic carbocycles. The van der Waals surface area contributed by atoms with Crippen molar-refractivity contribution in [3.05, 3.63) is 36.0 Å². The molecule has 1 aromatic rings. The first-order valence-corrected chi connectivity index (χ1v) is 6.30. The van der Waals surface area contributed by atoms with Crippen molar-refractivity contribution in [3.8, 4) is 5.75 Å². The fraction of sp³-hybridized carbons (Fsp3) is 0.250. The van der Waals surface area contributed by atoms with E-state index in [2.05, 4.69) is 14.6 Å². The molecule has 2 aliphatic heterocycles. The topological polar surface area (TPSA) is 24.8 Å². The molecule has 0 saturated carbocycles. The molecule has 0 spiro atoms. The summed E-state index contributed by atoms with van der Waals surface area (Å²) < 4.78 is 28.3. The van der Waals surface area contributed by atoms with Gasteiger partial charge in [0.1, 0.15) is 5.75 Å². The van der Waals surface area contributed by atoms with Crippen LogP contribution < -0.4 is 4.74 Å². The maximum absolute atomic E-state index is 12.0. The monoisotopic (exact) mass is 268 g/mol. The molecule has 0 bridgehead atoms. The van der Waals surface area contributed by atoms with Crippen molar-refractivity contribution in [2.24, 2.45) is 4.99 Å². The Labute approximate surface area is 107 Å². The number of ether oxygens (including phenoxy) is 1. The smallest absolute Gasteiger partial charge is 0.387 e. The Balaban J connectivity index is 1.76. The first-order chi connectivity index (χ1) is 8.72. The number of nitrogens with zero attached hydrogens (tertiary/aromatic N) is 2. The number of benzene rings is 1. The van der Waals surface area contributed by atoms with Crippen LogP contribution in [0.4, 0.5) is 8.78 Å². The fourth-order valence-corrected chi connectivity index (χ4v) is 2.90. The first-order valence-electron chi connectivity index (χ1n) is 5.48. The standard InChI is InChI=1S/C12H10F2N2OS/c13-11(14)17-9-3-1-8(2-4-9)10-7-16-6-5-15-12(16)18-10/h1-4,7,11H,5-6H2. The van der Waals surface area contributed by atoms with Crippen molar-refractivity contribution in [3.63, 3.8) is 0 Å². The van der Waals surface area contributed by atoms with Gasteiger partial charge >= 0.3 is 6.61 Å². The molecule has 0 N–H and O–H groups in total. The largest absolute Gasteiger partial charge is 0.435 e. The van der Waals surface area contributed by atoms with Gasteiger partial charge in [0.05, 0.1) is 6.54 Å². The number of amidine groups is 1. The van der Waals surface area contributed by atoms with Gasteiger partial charge in [0.15, 0.2) is 5.17 Å². The molecule has 0 amide bonds. The van der Waals surface area contributed by atoms with Crippen LogP contribution in [-0.2, 0) is 0 Å². The van der Waals surface area contributed by atoms with Gasteiger partial charge in [-0.25, -0.2) is 0 Å². The van der Waals surface area contributed by atoms with Gasteiger partial charge in [-0.15, -0.1) is 0 Å². The molecule has 2 heterocycles. The second kappa shape index (κ2) is 4.61. The zero-order valence-electron chi connectivity index (χ0n) is 9.35. The maximum Gasteiger partial charge on any atom is 0.387 e. The number of halogens is 2. The van der Waals surface area contributed by atoms with Gasteiger partial charge in [-0.05, 0) is 29.5 Å². The van der Waals surface area contributed by atoms with E-state index in [0.29, 0.717) is 0 Å². The van der Waals surface area contributed by atoms with E-state index in [4.69, 9.17) is 0 Å². The molecule has 0 aliphatic carbocycles. The number of rotatable bonds is 3. The molecule has 3 nitrogen and oxygen atoms in total. The van der Waals surface area contributed by atoms with E-state index in [1.54, 1.807) is 36.0 Å². The Hall–Kier alpha value is -1.56. The maximum atomic E-state index is 12.0. The Bertz CT molecular complexity index is 513. The first kappa shape index (κ1) is 11.5. The van der Waals surface area contributed by atoms with E-state index in [0.717, 1.165) is 28.7 Å². The lowest BCUT2D eigenvalue weighted by atomic mass is 10.2. The fourth-order valence-electron chi connectivity index (χ4n) is 1.85. The van der Waals surface area contributed by atoms with Crippen LogP contribution >= 0.6 is 11.8 Å². The molecule has 0 radical (unpaired) electrons. The van der Waals surface area contributed by atoms with Crippen LogP contribution in [0.1, 0.15) is 5.56 Å².